The molecule has 2 heterocycles. The van der Waals surface area contributed by atoms with E-state index in [0.29, 0.717) is 6.04 Å². The van der Waals surface area contributed by atoms with Gasteiger partial charge < -0.3 is 20.4 Å². The Morgan fingerprint density at radius 2 is 2.10 bits per heavy atom. The molecule has 116 valence electrons. The number of hydrogen-bond acceptors (Lipinski definition) is 5. The van der Waals surface area contributed by atoms with Gasteiger partial charge in [0.2, 0.25) is 0 Å². The standard InChI is InChI=1S/C15H31N5/c1-5-19(6-2)9-10-20-14(16)17-12-15(20)7-8-18(4)13(3)11-15/h13H,5-12H2,1-4H3,(H2,16,17). The van der Waals surface area contributed by atoms with Crippen LogP contribution in [0, 0.1) is 0 Å². The van der Waals surface area contributed by atoms with E-state index in [1.54, 1.807) is 0 Å². The van der Waals surface area contributed by atoms with E-state index in [0.717, 1.165) is 45.2 Å². The molecule has 0 bridgehead atoms. The molecule has 0 aromatic rings. The SMILES string of the molecule is CCN(CC)CCN1C(N)=NCC12CCN(C)C(C)C2. The number of guanidine groups is 1. The molecule has 2 atom stereocenters. The molecule has 2 N–H and O–H groups in total. The Morgan fingerprint density at radius 1 is 1.40 bits per heavy atom. The Labute approximate surface area is 123 Å². The molecule has 0 amide bonds. The van der Waals surface area contributed by atoms with Crippen molar-refractivity contribution in [3.05, 3.63) is 0 Å². The van der Waals surface area contributed by atoms with Gasteiger partial charge in [-0.2, -0.15) is 0 Å². The van der Waals surface area contributed by atoms with Crippen LogP contribution in [0.5, 0.6) is 0 Å². The zero-order valence-electron chi connectivity index (χ0n) is 13.6. The molecule has 1 saturated heterocycles. The Kier molecular flexibility index (Phi) is 4.91. The summed E-state index contributed by atoms with van der Waals surface area (Å²) in [4.78, 5) is 11.9. The highest BCUT2D eigenvalue weighted by Gasteiger charge is 2.45. The molecule has 2 aliphatic heterocycles. The largest absolute Gasteiger partial charge is 0.370 e. The van der Waals surface area contributed by atoms with Crippen molar-refractivity contribution in [2.24, 2.45) is 10.7 Å². The molecule has 0 radical (unpaired) electrons. The van der Waals surface area contributed by atoms with E-state index < -0.39 is 0 Å². The van der Waals surface area contributed by atoms with Gasteiger partial charge in [0.1, 0.15) is 0 Å². The summed E-state index contributed by atoms with van der Waals surface area (Å²) >= 11 is 0. The Bertz CT molecular complexity index is 352. The maximum atomic E-state index is 6.18. The first kappa shape index (κ1) is 15.6. The van der Waals surface area contributed by atoms with Gasteiger partial charge in [0, 0.05) is 25.7 Å². The summed E-state index contributed by atoms with van der Waals surface area (Å²) in [6.45, 7) is 13.1. The van der Waals surface area contributed by atoms with E-state index in [4.69, 9.17) is 5.73 Å². The first-order valence-corrected chi connectivity index (χ1v) is 8.02. The van der Waals surface area contributed by atoms with Gasteiger partial charge in [-0.15, -0.1) is 0 Å². The third-order valence-electron chi connectivity index (χ3n) is 5.28. The van der Waals surface area contributed by atoms with Crippen LogP contribution in [0.15, 0.2) is 4.99 Å². The molecular formula is C15H31N5. The van der Waals surface area contributed by atoms with Crippen LogP contribution in [0.4, 0.5) is 0 Å². The van der Waals surface area contributed by atoms with Crippen molar-refractivity contribution < 1.29 is 0 Å². The van der Waals surface area contributed by atoms with E-state index >= 15 is 0 Å². The summed E-state index contributed by atoms with van der Waals surface area (Å²) in [7, 11) is 2.22. The lowest BCUT2D eigenvalue weighted by Gasteiger charge is -2.47. The van der Waals surface area contributed by atoms with Crippen molar-refractivity contribution in [1.29, 1.82) is 0 Å². The van der Waals surface area contributed by atoms with Gasteiger partial charge >= 0.3 is 0 Å². The molecule has 1 fully saturated rings. The monoisotopic (exact) mass is 281 g/mol. The van der Waals surface area contributed by atoms with Gasteiger partial charge in [-0.3, -0.25) is 4.99 Å². The Hall–Kier alpha value is -0.810. The molecular weight excluding hydrogens is 250 g/mol. The number of hydrogen-bond donors (Lipinski definition) is 1. The fourth-order valence-corrected chi connectivity index (χ4v) is 3.58. The lowest BCUT2D eigenvalue weighted by molar-refractivity contribution is 0.0585. The van der Waals surface area contributed by atoms with Crippen LogP contribution in [0.3, 0.4) is 0 Å². The highest BCUT2D eigenvalue weighted by atomic mass is 15.4. The van der Waals surface area contributed by atoms with Gasteiger partial charge in [0.25, 0.3) is 0 Å². The van der Waals surface area contributed by atoms with Crippen LogP contribution in [-0.4, -0.2) is 78.6 Å². The highest BCUT2D eigenvalue weighted by Crippen LogP contribution is 2.35. The minimum Gasteiger partial charge on any atom is -0.370 e. The number of aliphatic imine (C=N–C) groups is 1. The molecule has 1 spiro atoms. The van der Waals surface area contributed by atoms with Crippen molar-refractivity contribution in [1.82, 2.24) is 14.7 Å². The molecule has 2 rings (SSSR count). The third-order valence-corrected chi connectivity index (χ3v) is 5.28. The zero-order valence-corrected chi connectivity index (χ0v) is 13.6. The first-order chi connectivity index (χ1) is 9.52. The van der Waals surface area contributed by atoms with Crippen LogP contribution < -0.4 is 5.73 Å². The summed E-state index contributed by atoms with van der Waals surface area (Å²) < 4.78 is 0. The fraction of sp³-hybridized carbons (Fsp3) is 0.933. The minimum absolute atomic E-state index is 0.184. The van der Waals surface area contributed by atoms with Gasteiger partial charge in [-0.1, -0.05) is 13.8 Å². The summed E-state index contributed by atoms with van der Waals surface area (Å²) in [5.41, 5.74) is 6.36. The molecule has 0 aliphatic carbocycles. The quantitative estimate of drug-likeness (QED) is 0.810. The predicted molar refractivity (Wildman–Crippen MR) is 85.0 cm³/mol. The van der Waals surface area contributed by atoms with E-state index in [-0.39, 0.29) is 5.54 Å². The molecule has 5 heteroatoms. The van der Waals surface area contributed by atoms with Gasteiger partial charge in [-0.25, -0.2) is 0 Å². The Balaban J connectivity index is 2.02. The molecule has 2 unspecified atom stereocenters. The number of likely N-dealkylation sites (N-methyl/N-ethyl adjacent to an activating group) is 1. The van der Waals surface area contributed by atoms with Crippen molar-refractivity contribution in [3.8, 4) is 0 Å². The molecule has 0 aromatic carbocycles. The van der Waals surface area contributed by atoms with E-state index in [1.807, 2.05) is 0 Å². The second-order valence-electron chi connectivity index (χ2n) is 6.36. The number of nitrogens with zero attached hydrogens (tertiary/aromatic N) is 4. The van der Waals surface area contributed by atoms with Crippen molar-refractivity contribution in [2.45, 2.75) is 45.2 Å². The summed E-state index contributed by atoms with van der Waals surface area (Å²) in [5, 5.41) is 0. The number of likely N-dealkylation sites (tertiary alicyclic amines) is 1. The van der Waals surface area contributed by atoms with Crippen LogP contribution in [-0.2, 0) is 0 Å². The first-order valence-electron chi connectivity index (χ1n) is 8.02. The predicted octanol–water partition coefficient (Wildman–Crippen LogP) is 0.811. The maximum Gasteiger partial charge on any atom is 0.191 e. The summed E-state index contributed by atoms with van der Waals surface area (Å²) in [6, 6.07) is 0.612. The van der Waals surface area contributed by atoms with Gasteiger partial charge in [-0.05, 0) is 39.9 Å². The lowest BCUT2D eigenvalue weighted by atomic mass is 9.83. The molecule has 20 heavy (non-hydrogen) atoms. The average molecular weight is 281 g/mol. The van der Waals surface area contributed by atoms with Crippen LogP contribution in [0.2, 0.25) is 0 Å². The normalized spacial score (nSPS) is 31.4. The minimum atomic E-state index is 0.184. The van der Waals surface area contributed by atoms with E-state index in [9.17, 15) is 0 Å². The van der Waals surface area contributed by atoms with E-state index in [1.165, 1.54) is 12.8 Å². The molecule has 0 aromatic heterocycles. The smallest absolute Gasteiger partial charge is 0.191 e. The second-order valence-corrected chi connectivity index (χ2v) is 6.36. The van der Waals surface area contributed by atoms with Gasteiger partial charge in [0.05, 0.1) is 12.1 Å². The average Bonchev–Trinajstić information content (AvgIpc) is 2.73. The topological polar surface area (TPSA) is 48.1 Å². The van der Waals surface area contributed by atoms with Crippen LogP contribution in [0.25, 0.3) is 0 Å². The fourth-order valence-electron chi connectivity index (χ4n) is 3.58. The molecule has 2 aliphatic rings. The maximum absolute atomic E-state index is 6.18. The van der Waals surface area contributed by atoms with Crippen molar-refractivity contribution >= 4 is 5.96 Å². The second kappa shape index (κ2) is 6.31. The zero-order chi connectivity index (χ0) is 14.8. The highest BCUT2D eigenvalue weighted by molar-refractivity contribution is 5.81. The number of nitrogens with two attached hydrogens (primary N) is 1. The third kappa shape index (κ3) is 2.93. The lowest BCUT2D eigenvalue weighted by Crippen LogP contribution is -2.60. The summed E-state index contributed by atoms with van der Waals surface area (Å²) in [5.74, 6) is 0.758. The molecule has 5 nitrogen and oxygen atoms in total. The van der Waals surface area contributed by atoms with E-state index in [2.05, 4.69) is 47.5 Å². The number of piperidine rings is 1. The van der Waals surface area contributed by atoms with Crippen LogP contribution in [0.1, 0.15) is 33.6 Å². The van der Waals surface area contributed by atoms with Crippen molar-refractivity contribution in [2.75, 3.05) is 46.3 Å². The Morgan fingerprint density at radius 3 is 2.70 bits per heavy atom. The van der Waals surface area contributed by atoms with Crippen molar-refractivity contribution in [3.63, 3.8) is 0 Å². The molecule has 0 saturated carbocycles. The van der Waals surface area contributed by atoms with Crippen LogP contribution >= 0.6 is 0 Å². The summed E-state index contributed by atoms with van der Waals surface area (Å²) in [6.07, 6.45) is 2.35. The van der Waals surface area contributed by atoms with Gasteiger partial charge in [0.15, 0.2) is 5.96 Å². The number of rotatable bonds is 5.